The summed E-state index contributed by atoms with van der Waals surface area (Å²) in [4.78, 5) is 4.07. The molecule has 114 valence electrons. The van der Waals surface area contributed by atoms with Gasteiger partial charge in [0.2, 0.25) is 0 Å². The minimum atomic E-state index is -4.16. The normalized spacial score (nSPS) is 13.6. The first-order chi connectivity index (χ1) is 9.42. The summed E-state index contributed by atoms with van der Waals surface area (Å²) in [5.41, 5.74) is 0.456. The smallest absolute Gasteiger partial charge is 0.330 e. The summed E-state index contributed by atoms with van der Waals surface area (Å²) in [7, 11) is 3.02. The van der Waals surface area contributed by atoms with Crippen molar-refractivity contribution in [2.45, 2.75) is 18.4 Å². The molecule has 1 unspecified atom stereocenters. The van der Waals surface area contributed by atoms with E-state index in [4.69, 9.17) is 4.74 Å². The Labute approximate surface area is 114 Å². The molecule has 0 aliphatic carbocycles. The number of likely N-dealkylation sites (N-methyl/N-ethyl adjacent to an activating group) is 1. The molecule has 0 saturated carbocycles. The predicted molar refractivity (Wildman–Crippen MR) is 64.4 cm³/mol. The van der Waals surface area contributed by atoms with E-state index >= 15 is 0 Å². The lowest BCUT2D eigenvalue weighted by molar-refractivity contribution is -0.167. The maximum absolute atomic E-state index is 12.7. The fraction of sp³-hybridized carbons (Fsp3) is 0.583. The number of alkyl halides is 4. The lowest BCUT2D eigenvalue weighted by atomic mass is 10.2. The summed E-state index contributed by atoms with van der Waals surface area (Å²) in [6.07, 6.45) is -2.24. The van der Waals surface area contributed by atoms with Crippen molar-refractivity contribution in [3.63, 3.8) is 0 Å². The number of hydrogen-bond acceptors (Lipinski definition) is 4. The first-order valence-electron chi connectivity index (χ1n) is 5.82. The Morgan fingerprint density at radius 2 is 2.10 bits per heavy atom. The molecule has 0 saturated heterocycles. The van der Waals surface area contributed by atoms with E-state index in [1.165, 1.54) is 13.3 Å². The highest BCUT2D eigenvalue weighted by molar-refractivity contribution is 5.29. The number of rotatable bonds is 8. The van der Waals surface area contributed by atoms with Crippen molar-refractivity contribution in [2.24, 2.45) is 0 Å². The van der Waals surface area contributed by atoms with Crippen LogP contribution in [0.5, 0.6) is 5.75 Å². The van der Waals surface area contributed by atoms with Crippen molar-refractivity contribution in [1.82, 2.24) is 10.3 Å². The summed E-state index contributed by atoms with van der Waals surface area (Å²) >= 11 is 0. The Morgan fingerprint density at radius 1 is 1.40 bits per heavy atom. The fourth-order valence-corrected chi connectivity index (χ4v) is 1.51. The molecule has 0 aromatic carbocycles. The monoisotopic (exact) mass is 296 g/mol. The van der Waals surface area contributed by atoms with E-state index in [-0.39, 0.29) is 6.61 Å². The molecule has 8 heteroatoms. The van der Waals surface area contributed by atoms with Gasteiger partial charge in [0.15, 0.2) is 0 Å². The molecule has 0 amide bonds. The van der Waals surface area contributed by atoms with Gasteiger partial charge in [-0.15, -0.1) is 0 Å². The highest BCUT2D eigenvalue weighted by Crippen LogP contribution is 2.25. The number of nitrogens with zero attached hydrogens (tertiary/aromatic N) is 1. The number of methoxy groups -OCH3 is 1. The summed E-state index contributed by atoms with van der Waals surface area (Å²) < 4.78 is 59.2. The van der Waals surface area contributed by atoms with Gasteiger partial charge in [-0.2, -0.15) is 8.78 Å². The Hall–Kier alpha value is -1.41. The molecule has 1 aromatic rings. The second kappa shape index (κ2) is 7.39. The number of aromatic nitrogens is 1. The van der Waals surface area contributed by atoms with Crippen LogP contribution in [0.2, 0.25) is 0 Å². The quantitative estimate of drug-likeness (QED) is 0.747. The number of nitrogens with one attached hydrogen (secondary N) is 1. The van der Waals surface area contributed by atoms with Crippen LogP contribution in [0, 0.1) is 0 Å². The summed E-state index contributed by atoms with van der Waals surface area (Å²) in [6.45, 7) is -1.58. The SMILES string of the molecule is CNC(COCC(F)(F)C(F)F)c1ncccc1OC. The van der Waals surface area contributed by atoms with Gasteiger partial charge >= 0.3 is 12.3 Å². The van der Waals surface area contributed by atoms with E-state index in [0.29, 0.717) is 11.4 Å². The van der Waals surface area contributed by atoms with Gasteiger partial charge in [0.05, 0.1) is 19.8 Å². The molecule has 0 bridgehead atoms. The first-order valence-corrected chi connectivity index (χ1v) is 5.82. The lowest BCUT2D eigenvalue weighted by Gasteiger charge is -2.20. The highest BCUT2D eigenvalue weighted by Gasteiger charge is 2.41. The molecule has 0 fully saturated rings. The van der Waals surface area contributed by atoms with Crippen LogP contribution < -0.4 is 10.1 Å². The largest absolute Gasteiger partial charge is 0.495 e. The fourth-order valence-electron chi connectivity index (χ4n) is 1.51. The van der Waals surface area contributed by atoms with Gasteiger partial charge in [0.25, 0.3) is 0 Å². The van der Waals surface area contributed by atoms with E-state index in [9.17, 15) is 17.6 Å². The Balaban J connectivity index is 2.64. The predicted octanol–water partition coefficient (Wildman–Crippen LogP) is 2.27. The molecular weight excluding hydrogens is 280 g/mol. The zero-order valence-electron chi connectivity index (χ0n) is 11.1. The van der Waals surface area contributed by atoms with Crippen molar-refractivity contribution in [1.29, 1.82) is 0 Å². The maximum atomic E-state index is 12.7. The van der Waals surface area contributed by atoms with Crippen molar-refractivity contribution >= 4 is 0 Å². The molecule has 1 rings (SSSR count). The Bertz CT molecular complexity index is 418. The second-order valence-electron chi connectivity index (χ2n) is 4.01. The van der Waals surface area contributed by atoms with Crippen LogP contribution >= 0.6 is 0 Å². The van der Waals surface area contributed by atoms with E-state index in [2.05, 4.69) is 15.0 Å². The number of halogens is 4. The molecule has 20 heavy (non-hydrogen) atoms. The van der Waals surface area contributed by atoms with E-state index in [1.54, 1.807) is 19.2 Å². The topological polar surface area (TPSA) is 43.4 Å². The highest BCUT2D eigenvalue weighted by atomic mass is 19.3. The molecule has 4 nitrogen and oxygen atoms in total. The molecule has 1 N–H and O–H groups in total. The second-order valence-corrected chi connectivity index (χ2v) is 4.01. The molecule has 0 radical (unpaired) electrons. The first kappa shape index (κ1) is 16.6. The number of ether oxygens (including phenoxy) is 2. The molecule has 0 aliphatic rings. The van der Waals surface area contributed by atoms with Gasteiger partial charge < -0.3 is 14.8 Å². The average molecular weight is 296 g/mol. The van der Waals surface area contributed by atoms with Gasteiger partial charge in [0.1, 0.15) is 18.1 Å². The maximum Gasteiger partial charge on any atom is 0.330 e. The molecule has 1 aromatic heterocycles. The third kappa shape index (κ3) is 4.31. The van der Waals surface area contributed by atoms with Crippen molar-refractivity contribution < 1.29 is 27.0 Å². The minimum Gasteiger partial charge on any atom is -0.495 e. The van der Waals surface area contributed by atoms with Crippen LogP contribution in [0.15, 0.2) is 18.3 Å². The Morgan fingerprint density at radius 3 is 2.65 bits per heavy atom. The minimum absolute atomic E-state index is 0.230. The standard InChI is InChI=1S/C12H16F4N2O2/c1-17-8(6-20-7-12(15,16)11(13)14)10-9(19-2)4-3-5-18-10/h3-5,8,11,17H,6-7H2,1-2H3. The van der Waals surface area contributed by atoms with Crippen LogP contribution in [-0.2, 0) is 4.74 Å². The average Bonchev–Trinajstić information content (AvgIpc) is 2.43. The van der Waals surface area contributed by atoms with Gasteiger partial charge in [-0.3, -0.25) is 4.98 Å². The summed E-state index contributed by atoms with van der Waals surface area (Å²) in [5.74, 6) is -3.71. The zero-order chi connectivity index (χ0) is 15.2. The van der Waals surface area contributed by atoms with Crippen LogP contribution in [0.4, 0.5) is 17.6 Å². The van der Waals surface area contributed by atoms with E-state index in [1.807, 2.05) is 0 Å². The number of pyridine rings is 1. The van der Waals surface area contributed by atoms with Crippen LogP contribution in [-0.4, -0.2) is 44.7 Å². The lowest BCUT2D eigenvalue weighted by Crippen LogP contribution is -2.34. The number of hydrogen-bond donors (Lipinski definition) is 1. The summed E-state index contributed by atoms with van der Waals surface area (Å²) in [5, 5.41) is 2.81. The van der Waals surface area contributed by atoms with Crippen LogP contribution in [0.3, 0.4) is 0 Å². The molecule has 0 aliphatic heterocycles. The Kier molecular flexibility index (Phi) is 6.15. The molecule has 0 spiro atoms. The van der Waals surface area contributed by atoms with Crippen LogP contribution in [0.1, 0.15) is 11.7 Å². The van der Waals surface area contributed by atoms with Gasteiger partial charge in [-0.1, -0.05) is 0 Å². The van der Waals surface area contributed by atoms with E-state index in [0.717, 1.165) is 0 Å². The van der Waals surface area contributed by atoms with Crippen molar-refractivity contribution in [3.05, 3.63) is 24.0 Å². The third-order valence-electron chi connectivity index (χ3n) is 2.60. The van der Waals surface area contributed by atoms with Gasteiger partial charge in [-0.25, -0.2) is 8.78 Å². The molecular formula is C12H16F4N2O2. The van der Waals surface area contributed by atoms with E-state index < -0.39 is 25.0 Å². The molecule has 1 atom stereocenters. The van der Waals surface area contributed by atoms with Gasteiger partial charge in [0, 0.05) is 6.20 Å². The van der Waals surface area contributed by atoms with Crippen molar-refractivity contribution in [2.75, 3.05) is 27.4 Å². The summed E-state index contributed by atoms with van der Waals surface area (Å²) in [6, 6.07) is 2.76. The van der Waals surface area contributed by atoms with Crippen LogP contribution in [0.25, 0.3) is 0 Å². The molecule has 1 heterocycles. The zero-order valence-corrected chi connectivity index (χ0v) is 11.1. The third-order valence-corrected chi connectivity index (χ3v) is 2.60. The van der Waals surface area contributed by atoms with Crippen molar-refractivity contribution in [3.8, 4) is 5.75 Å². The van der Waals surface area contributed by atoms with Gasteiger partial charge in [-0.05, 0) is 19.2 Å².